The third-order valence-electron chi connectivity index (χ3n) is 2.87. The van der Waals surface area contributed by atoms with Gasteiger partial charge in [0.15, 0.2) is 0 Å². The van der Waals surface area contributed by atoms with Crippen molar-refractivity contribution in [1.82, 2.24) is 0 Å². The van der Waals surface area contributed by atoms with Crippen LogP contribution < -0.4 is 10.6 Å². The molecule has 4 heteroatoms. The van der Waals surface area contributed by atoms with Crippen LogP contribution in [0.1, 0.15) is 15.9 Å². The molecule has 0 aliphatic carbocycles. The fourth-order valence-electron chi connectivity index (χ4n) is 1.66. The molecule has 0 fully saturated rings. The number of rotatable bonds is 3. The van der Waals surface area contributed by atoms with Gasteiger partial charge in [-0.25, -0.2) is 0 Å². The van der Waals surface area contributed by atoms with E-state index in [1.807, 2.05) is 38.2 Å². The lowest BCUT2D eigenvalue weighted by atomic mass is 10.1. The highest BCUT2D eigenvalue weighted by atomic mass is 35.5. The van der Waals surface area contributed by atoms with E-state index in [0.717, 1.165) is 11.3 Å². The van der Waals surface area contributed by atoms with E-state index in [4.69, 9.17) is 11.6 Å². The van der Waals surface area contributed by atoms with Crippen molar-refractivity contribution in [3.05, 3.63) is 58.6 Å². The molecule has 2 rings (SSSR count). The van der Waals surface area contributed by atoms with Gasteiger partial charge in [-0.15, -0.1) is 0 Å². The number of amides is 1. The van der Waals surface area contributed by atoms with E-state index < -0.39 is 0 Å². The molecule has 2 N–H and O–H groups in total. The maximum Gasteiger partial charge on any atom is 0.255 e. The minimum absolute atomic E-state index is 0.150. The molecule has 2 aromatic carbocycles. The summed E-state index contributed by atoms with van der Waals surface area (Å²) >= 11 is 6.02. The van der Waals surface area contributed by atoms with Crippen molar-refractivity contribution < 1.29 is 4.79 Å². The first-order valence-corrected chi connectivity index (χ1v) is 6.33. The molecule has 0 saturated heterocycles. The lowest BCUT2D eigenvalue weighted by molar-refractivity contribution is 0.102. The number of benzene rings is 2. The van der Waals surface area contributed by atoms with Crippen LogP contribution in [0, 0.1) is 6.92 Å². The summed E-state index contributed by atoms with van der Waals surface area (Å²) in [5.74, 6) is -0.150. The van der Waals surface area contributed by atoms with Crippen molar-refractivity contribution >= 4 is 28.9 Å². The summed E-state index contributed by atoms with van der Waals surface area (Å²) in [6.07, 6.45) is 0. The van der Waals surface area contributed by atoms with Gasteiger partial charge in [-0.1, -0.05) is 17.7 Å². The Bertz CT molecular complexity index is 594. The van der Waals surface area contributed by atoms with E-state index >= 15 is 0 Å². The number of anilines is 2. The summed E-state index contributed by atoms with van der Waals surface area (Å²) in [7, 11) is 1.84. The highest BCUT2D eigenvalue weighted by molar-refractivity contribution is 6.31. The first-order chi connectivity index (χ1) is 9.10. The summed E-state index contributed by atoms with van der Waals surface area (Å²) < 4.78 is 0. The third kappa shape index (κ3) is 3.26. The second-order valence-electron chi connectivity index (χ2n) is 4.25. The number of hydrogen-bond acceptors (Lipinski definition) is 2. The predicted molar refractivity (Wildman–Crippen MR) is 80.1 cm³/mol. The fourth-order valence-corrected chi connectivity index (χ4v) is 1.84. The minimum atomic E-state index is -0.150. The molecule has 0 saturated carbocycles. The zero-order chi connectivity index (χ0) is 13.8. The highest BCUT2D eigenvalue weighted by Gasteiger charge is 2.06. The Balaban J connectivity index is 2.13. The molecule has 3 nitrogen and oxygen atoms in total. The molecule has 0 atom stereocenters. The van der Waals surface area contributed by atoms with Gasteiger partial charge in [0.05, 0.1) is 0 Å². The zero-order valence-electron chi connectivity index (χ0n) is 10.8. The molecule has 1 amide bonds. The largest absolute Gasteiger partial charge is 0.388 e. The van der Waals surface area contributed by atoms with E-state index in [-0.39, 0.29) is 5.91 Å². The average Bonchev–Trinajstić information content (AvgIpc) is 2.43. The Hall–Kier alpha value is -2.00. The Morgan fingerprint density at radius 3 is 2.26 bits per heavy atom. The van der Waals surface area contributed by atoms with Crippen molar-refractivity contribution in [3.63, 3.8) is 0 Å². The van der Waals surface area contributed by atoms with Crippen molar-refractivity contribution in [2.24, 2.45) is 0 Å². The minimum Gasteiger partial charge on any atom is -0.388 e. The Morgan fingerprint density at radius 1 is 1.05 bits per heavy atom. The summed E-state index contributed by atoms with van der Waals surface area (Å²) in [5.41, 5.74) is 3.25. The molecule has 0 heterocycles. The number of hydrogen-bond donors (Lipinski definition) is 2. The normalized spacial score (nSPS) is 10.1. The van der Waals surface area contributed by atoms with Crippen molar-refractivity contribution in [1.29, 1.82) is 0 Å². The topological polar surface area (TPSA) is 41.1 Å². The number of carbonyl (C=O) groups is 1. The molecular formula is C15H15ClN2O. The van der Waals surface area contributed by atoms with Crippen LogP contribution in [0.4, 0.5) is 11.4 Å². The van der Waals surface area contributed by atoms with E-state index in [0.29, 0.717) is 16.3 Å². The number of halogens is 1. The number of nitrogens with one attached hydrogen (secondary N) is 2. The standard InChI is InChI=1S/C15H15ClN2O/c1-10-3-6-13(9-14(10)16)18-15(19)11-4-7-12(17-2)8-5-11/h3-9,17H,1-2H3,(H,18,19). The van der Waals surface area contributed by atoms with Crippen LogP contribution in [0.5, 0.6) is 0 Å². The maximum absolute atomic E-state index is 12.0. The first-order valence-electron chi connectivity index (χ1n) is 5.95. The van der Waals surface area contributed by atoms with Crippen LogP contribution in [0.2, 0.25) is 5.02 Å². The first kappa shape index (κ1) is 13.4. The molecule has 0 aromatic heterocycles. The van der Waals surface area contributed by atoms with Gasteiger partial charge in [0, 0.05) is 29.0 Å². The Morgan fingerprint density at radius 2 is 1.68 bits per heavy atom. The smallest absolute Gasteiger partial charge is 0.255 e. The van der Waals surface area contributed by atoms with Crippen LogP contribution in [-0.4, -0.2) is 13.0 Å². The molecule has 0 aliphatic heterocycles. The highest BCUT2D eigenvalue weighted by Crippen LogP contribution is 2.20. The van der Waals surface area contributed by atoms with Gasteiger partial charge in [0.2, 0.25) is 0 Å². The predicted octanol–water partition coefficient (Wildman–Crippen LogP) is 3.94. The van der Waals surface area contributed by atoms with Crippen molar-refractivity contribution in [2.75, 3.05) is 17.7 Å². The Kier molecular flexibility index (Phi) is 4.07. The lowest BCUT2D eigenvalue weighted by Gasteiger charge is -2.07. The van der Waals surface area contributed by atoms with Gasteiger partial charge in [-0.3, -0.25) is 4.79 Å². The van der Waals surface area contributed by atoms with E-state index in [2.05, 4.69) is 10.6 Å². The average molecular weight is 275 g/mol. The van der Waals surface area contributed by atoms with Crippen LogP contribution in [0.15, 0.2) is 42.5 Å². The summed E-state index contributed by atoms with van der Waals surface area (Å²) in [6, 6.07) is 12.7. The van der Waals surface area contributed by atoms with Crippen LogP contribution in [0.25, 0.3) is 0 Å². The third-order valence-corrected chi connectivity index (χ3v) is 3.27. The molecule has 0 unspecified atom stereocenters. The van der Waals surface area contributed by atoms with Crippen LogP contribution in [0.3, 0.4) is 0 Å². The molecule has 19 heavy (non-hydrogen) atoms. The van der Waals surface area contributed by atoms with Crippen LogP contribution in [-0.2, 0) is 0 Å². The van der Waals surface area contributed by atoms with E-state index in [1.54, 1.807) is 18.2 Å². The van der Waals surface area contributed by atoms with Gasteiger partial charge in [-0.2, -0.15) is 0 Å². The van der Waals surface area contributed by atoms with Gasteiger partial charge in [-0.05, 0) is 48.9 Å². The van der Waals surface area contributed by atoms with Crippen molar-refractivity contribution in [2.45, 2.75) is 6.92 Å². The second kappa shape index (κ2) is 5.76. The summed E-state index contributed by atoms with van der Waals surface area (Å²) in [4.78, 5) is 12.0. The Labute approximate surface area is 117 Å². The second-order valence-corrected chi connectivity index (χ2v) is 4.65. The number of aryl methyl sites for hydroxylation is 1. The molecule has 0 radical (unpaired) electrons. The monoisotopic (exact) mass is 274 g/mol. The van der Waals surface area contributed by atoms with Gasteiger partial charge >= 0.3 is 0 Å². The van der Waals surface area contributed by atoms with Crippen molar-refractivity contribution in [3.8, 4) is 0 Å². The molecule has 98 valence electrons. The SMILES string of the molecule is CNc1ccc(C(=O)Nc2ccc(C)c(Cl)c2)cc1. The quantitative estimate of drug-likeness (QED) is 0.890. The molecule has 2 aromatic rings. The maximum atomic E-state index is 12.0. The molecule has 0 spiro atoms. The van der Waals surface area contributed by atoms with E-state index in [1.165, 1.54) is 0 Å². The van der Waals surface area contributed by atoms with Gasteiger partial charge in [0.25, 0.3) is 5.91 Å². The molecule has 0 bridgehead atoms. The number of carbonyl (C=O) groups excluding carboxylic acids is 1. The zero-order valence-corrected chi connectivity index (χ0v) is 11.6. The summed E-state index contributed by atoms with van der Waals surface area (Å²) in [6.45, 7) is 1.92. The lowest BCUT2D eigenvalue weighted by Crippen LogP contribution is -2.11. The molecule has 0 aliphatic rings. The van der Waals surface area contributed by atoms with Gasteiger partial charge in [0.1, 0.15) is 0 Å². The molecular weight excluding hydrogens is 260 g/mol. The van der Waals surface area contributed by atoms with Gasteiger partial charge < -0.3 is 10.6 Å². The summed E-state index contributed by atoms with van der Waals surface area (Å²) in [5, 5.41) is 6.47. The fraction of sp³-hybridized carbons (Fsp3) is 0.133. The van der Waals surface area contributed by atoms with Crippen LogP contribution >= 0.6 is 11.6 Å². The van der Waals surface area contributed by atoms with E-state index in [9.17, 15) is 4.79 Å².